The van der Waals surface area contributed by atoms with Crippen LogP contribution >= 0.6 is 23.2 Å². The Morgan fingerprint density at radius 1 is 1.09 bits per heavy atom. The van der Waals surface area contributed by atoms with E-state index in [2.05, 4.69) is 31.6 Å². The minimum absolute atomic E-state index is 0.0288. The smallest absolute Gasteiger partial charge is 0.328 e. The van der Waals surface area contributed by atoms with Gasteiger partial charge in [-0.15, -0.1) is 0 Å². The summed E-state index contributed by atoms with van der Waals surface area (Å²) in [5.74, 6) is -3.10. The van der Waals surface area contributed by atoms with Crippen molar-refractivity contribution in [3.8, 4) is 0 Å². The number of halogens is 3. The number of rotatable bonds is 10. The Hall–Kier alpha value is -4.14. The van der Waals surface area contributed by atoms with Crippen LogP contribution in [0.3, 0.4) is 0 Å². The summed E-state index contributed by atoms with van der Waals surface area (Å²) in [5.41, 5.74) is 1.37. The number of nitrogens with zero attached hydrogens (tertiary/aromatic N) is 2. The van der Waals surface area contributed by atoms with Gasteiger partial charge in [-0.1, -0.05) is 29.3 Å². The number of nitrogens with one attached hydrogen (secondary N) is 5. The van der Waals surface area contributed by atoms with Gasteiger partial charge in [0.15, 0.2) is 5.96 Å². The SMILES string of the molecule is O=C(CNC(=O)c1cccc(NC2=NCC(F)CN2)c1)NC[C@@H](NC(=O)c1c(Cl)cc(N2CCOCC2)cc1Cl)C(=O)O. The predicted molar refractivity (Wildman–Crippen MR) is 159 cm³/mol. The molecule has 0 spiro atoms. The molecule has 1 fully saturated rings. The van der Waals surface area contributed by atoms with Crippen LogP contribution in [0.4, 0.5) is 15.8 Å². The molecule has 6 N–H and O–H groups in total. The van der Waals surface area contributed by atoms with Crippen LogP contribution in [0.25, 0.3) is 0 Å². The molecule has 3 amide bonds. The number of aliphatic carboxylic acids is 1. The van der Waals surface area contributed by atoms with E-state index in [4.69, 9.17) is 27.9 Å². The van der Waals surface area contributed by atoms with Gasteiger partial charge >= 0.3 is 5.97 Å². The molecule has 16 heteroatoms. The highest BCUT2D eigenvalue weighted by Gasteiger charge is 2.25. The number of ether oxygens (including phenoxy) is 1. The maximum Gasteiger partial charge on any atom is 0.328 e. The summed E-state index contributed by atoms with van der Waals surface area (Å²) >= 11 is 12.7. The topological polar surface area (TPSA) is 173 Å². The highest BCUT2D eigenvalue weighted by Crippen LogP contribution is 2.31. The molecule has 2 aliphatic heterocycles. The summed E-state index contributed by atoms with van der Waals surface area (Å²) in [5, 5.41) is 22.6. The first-order valence-electron chi connectivity index (χ1n) is 13.3. The molecule has 2 aliphatic rings. The standard InChI is InChI=1S/C27H30Cl2FN7O6/c28-19-9-18(37-4-6-43-7-5-37)10-20(29)23(19)25(40)36-21(26(41)42)13-31-22(38)14-32-24(39)15-2-1-3-17(8-15)35-27-33-11-16(30)12-34-27/h1-3,8-10,16,21H,4-7,11-14H2,(H,31,38)(H,32,39)(H,36,40)(H,41,42)(H2,33,34,35)/t21-/m1/s1. The van der Waals surface area contributed by atoms with E-state index in [-0.39, 0.29) is 34.3 Å². The molecule has 230 valence electrons. The van der Waals surface area contributed by atoms with Gasteiger partial charge in [0.25, 0.3) is 11.8 Å². The van der Waals surface area contributed by atoms with Crippen molar-refractivity contribution < 1.29 is 33.4 Å². The first-order valence-corrected chi connectivity index (χ1v) is 14.1. The van der Waals surface area contributed by atoms with Gasteiger partial charge in [0.2, 0.25) is 5.91 Å². The van der Waals surface area contributed by atoms with Gasteiger partial charge in [0, 0.05) is 36.6 Å². The number of amides is 3. The number of aliphatic imine (C=N–C) groups is 1. The Bertz CT molecular complexity index is 1380. The maximum absolute atomic E-state index is 13.2. The van der Waals surface area contributed by atoms with Crippen LogP contribution in [0.1, 0.15) is 20.7 Å². The first kappa shape index (κ1) is 31.8. The average Bonchev–Trinajstić information content (AvgIpc) is 2.99. The van der Waals surface area contributed by atoms with Gasteiger partial charge in [-0.05, 0) is 30.3 Å². The molecule has 0 saturated carbocycles. The molecule has 2 aromatic rings. The molecule has 0 aliphatic carbocycles. The normalized spacial score (nSPS) is 17.1. The van der Waals surface area contributed by atoms with Crippen molar-refractivity contribution in [3.63, 3.8) is 0 Å². The number of anilines is 2. The van der Waals surface area contributed by atoms with Crippen LogP contribution in [0, 0.1) is 0 Å². The molecule has 1 unspecified atom stereocenters. The van der Waals surface area contributed by atoms with Crippen molar-refractivity contribution in [1.82, 2.24) is 21.3 Å². The van der Waals surface area contributed by atoms with Crippen molar-refractivity contribution in [2.75, 3.05) is 62.7 Å². The van der Waals surface area contributed by atoms with E-state index >= 15 is 0 Å². The van der Waals surface area contributed by atoms with Crippen LogP contribution in [0.2, 0.25) is 10.0 Å². The average molecular weight is 638 g/mol. The fourth-order valence-electron chi connectivity index (χ4n) is 4.23. The van der Waals surface area contributed by atoms with E-state index in [1.807, 2.05) is 4.90 Å². The zero-order valence-corrected chi connectivity index (χ0v) is 24.3. The van der Waals surface area contributed by atoms with E-state index in [0.717, 1.165) is 0 Å². The van der Waals surface area contributed by atoms with Gasteiger partial charge < -0.3 is 41.3 Å². The number of guanidine groups is 1. The number of carboxylic acids is 1. The summed E-state index contributed by atoms with van der Waals surface area (Å²) in [7, 11) is 0. The monoisotopic (exact) mass is 637 g/mol. The number of hydrogen-bond donors (Lipinski definition) is 6. The Morgan fingerprint density at radius 2 is 1.81 bits per heavy atom. The van der Waals surface area contributed by atoms with Gasteiger partial charge in [-0.2, -0.15) is 0 Å². The number of benzene rings is 2. The molecule has 2 aromatic carbocycles. The van der Waals surface area contributed by atoms with E-state index in [0.29, 0.717) is 43.6 Å². The molecule has 0 aromatic heterocycles. The molecule has 43 heavy (non-hydrogen) atoms. The lowest BCUT2D eigenvalue weighted by Crippen LogP contribution is -2.50. The van der Waals surface area contributed by atoms with Crippen LogP contribution < -0.4 is 31.5 Å². The minimum Gasteiger partial charge on any atom is -0.480 e. The molecule has 1 saturated heterocycles. The van der Waals surface area contributed by atoms with Crippen LogP contribution in [0.5, 0.6) is 0 Å². The van der Waals surface area contributed by atoms with Crippen LogP contribution in [0.15, 0.2) is 41.4 Å². The van der Waals surface area contributed by atoms with Gasteiger partial charge in [0.05, 0.1) is 48.5 Å². The molecule has 2 heterocycles. The molecular weight excluding hydrogens is 608 g/mol. The first-order chi connectivity index (χ1) is 20.6. The molecule has 13 nitrogen and oxygen atoms in total. The molecular formula is C27H30Cl2FN7O6. The second-order valence-corrected chi connectivity index (χ2v) is 10.4. The van der Waals surface area contributed by atoms with Crippen molar-refractivity contribution in [2.24, 2.45) is 4.99 Å². The van der Waals surface area contributed by atoms with Gasteiger partial charge in [-0.25, -0.2) is 14.2 Å². The Kier molecular flexibility index (Phi) is 11.0. The summed E-state index contributed by atoms with van der Waals surface area (Å²) in [6.45, 7) is 1.55. The highest BCUT2D eigenvalue weighted by atomic mass is 35.5. The third-order valence-electron chi connectivity index (χ3n) is 6.47. The molecule has 0 radical (unpaired) electrons. The van der Waals surface area contributed by atoms with Crippen molar-refractivity contribution >= 4 is 64.2 Å². The number of alkyl halides is 1. The zero-order chi connectivity index (χ0) is 30.9. The fourth-order valence-corrected chi connectivity index (χ4v) is 4.88. The van der Waals surface area contributed by atoms with Crippen molar-refractivity contribution in [1.29, 1.82) is 0 Å². The van der Waals surface area contributed by atoms with Crippen LogP contribution in [-0.2, 0) is 14.3 Å². The van der Waals surface area contributed by atoms with Gasteiger partial charge in [-0.3, -0.25) is 14.4 Å². The largest absolute Gasteiger partial charge is 0.480 e. The molecule has 4 rings (SSSR count). The number of hydrogen-bond acceptors (Lipinski definition) is 9. The van der Waals surface area contributed by atoms with E-state index in [1.165, 1.54) is 12.1 Å². The second-order valence-electron chi connectivity index (χ2n) is 9.61. The third kappa shape index (κ3) is 8.92. The number of morpholine rings is 1. The summed E-state index contributed by atoms with van der Waals surface area (Å²) in [4.78, 5) is 55.6. The lowest BCUT2D eigenvalue weighted by Gasteiger charge is -2.29. The quantitative estimate of drug-likeness (QED) is 0.224. The molecule has 0 bridgehead atoms. The Balaban J connectivity index is 1.27. The summed E-state index contributed by atoms with van der Waals surface area (Å²) < 4.78 is 18.6. The Labute approximate surface area is 256 Å². The lowest BCUT2D eigenvalue weighted by atomic mass is 10.1. The van der Waals surface area contributed by atoms with E-state index in [9.17, 15) is 28.7 Å². The maximum atomic E-state index is 13.2. The number of carbonyl (C=O) groups excluding carboxylic acids is 3. The zero-order valence-electron chi connectivity index (χ0n) is 22.8. The fraction of sp³-hybridized carbons (Fsp3) is 0.370. The van der Waals surface area contributed by atoms with Gasteiger partial charge in [0.1, 0.15) is 12.2 Å². The minimum atomic E-state index is -1.51. The van der Waals surface area contributed by atoms with Crippen molar-refractivity contribution in [3.05, 3.63) is 57.6 Å². The lowest BCUT2D eigenvalue weighted by molar-refractivity contribution is -0.139. The summed E-state index contributed by atoms with van der Waals surface area (Å²) in [6.07, 6.45) is -1.06. The van der Waals surface area contributed by atoms with E-state index < -0.39 is 49.0 Å². The summed E-state index contributed by atoms with van der Waals surface area (Å²) in [6, 6.07) is 8.00. The highest BCUT2D eigenvalue weighted by molar-refractivity contribution is 6.40. The molecule has 2 atom stereocenters. The number of carbonyl (C=O) groups is 4. The number of carboxylic acid groups (broad SMARTS) is 1. The van der Waals surface area contributed by atoms with Crippen LogP contribution in [-0.4, -0.2) is 99.5 Å². The van der Waals surface area contributed by atoms with Crippen molar-refractivity contribution in [2.45, 2.75) is 12.2 Å². The predicted octanol–water partition coefficient (Wildman–Crippen LogP) is 1.27. The second kappa shape index (κ2) is 14.8. The Morgan fingerprint density at radius 3 is 2.47 bits per heavy atom. The van der Waals surface area contributed by atoms with E-state index in [1.54, 1.807) is 24.3 Å². The third-order valence-corrected chi connectivity index (χ3v) is 7.07.